The van der Waals surface area contributed by atoms with E-state index in [1.54, 1.807) is 10.4 Å². The fourth-order valence-corrected chi connectivity index (χ4v) is 5.20. The van der Waals surface area contributed by atoms with E-state index in [0.29, 0.717) is 23.2 Å². The van der Waals surface area contributed by atoms with Crippen LogP contribution in [0.3, 0.4) is 0 Å². The number of hydrogen-bond donors (Lipinski definition) is 1. The SMILES string of the molecule is CCCN(CC1CC1)S(=O)(=O)c1ccc(CNCC)s1. The number of thiophene rings is 1. The topological polar surface area (TPSA) is 49.4 Å². The molecule has 0 unspecified atom stereocenters. The molecule has 2 rings (SSSR count). The van der Waals surface area contributed by atoms with Gasteiger partial charge in [0.25, 0.3) is 10.0 Å². The Morgan fingerprint density at radius 1 is 1.35 bits per heavy atom. The van der Waals surface area contributed by atoms with Gasteiger partial charge >= 0.3 is 0 Å². The van der Waals surface area contributed by atoms with E-state index >= 15 is 0 Å². The zero-order valence-electron chi connectivity index (χ0n) is 12.3. The summed E-state index contributed by atoms with van der Waals surface area (Å²) in [6.45, 7) is 7.02. The minimum Gasteiger partial charge on any atom is -0.312 e. The maximum absolute atomic E-state index is 12.7. The lowest BCUT2D eigenvalue weighted by molar-refractivity contribution is 0.397. The molecule has 0 aliphatic heterocycles. The smallest absolute Gasteiger partial charge is 0.252 e. The Hall–Kier alpha value is -0.430. The van der Waals surface area contributed by atoms with Gasteiger partial charge in [0.05, 0.1) is 0 Å². The molecule has 1 N–H and O–H groups in total. The molecule has 0 amide bonds. The summed E-state index contributed by atoms with van der Waals surface area (Å²) in [6, 6.07) is 3.67. The fraction of sp³-hybridized carbons (Fsp3) is 0.714. The molecule has 0 saturated heterocycles. The van der Waals surface area contributed by atoms with Crippen molar-refractivity contribution in [1.29, 1.82) is 0 Å². The summed E-state index contributed by atoms with van der Waals surface area (Å²) >= 11 is 1.39. The number of sulfonamides is 1. The third-order valence-electron chi connectivity index (χ3n) is 3.41. The predicted molar refractivity (Wildman–Crippen MR) is 83.5 cm³/mol. The van der Waals surface area contributed by atoms with E-state index in [1.807, 2.05) is 19.9 Å². The average Bonchev–Trinajstić information content (AvgIpc) is 3.10. The molecule has 114 valence electrons. The van der Waals surface area contributed by atoms with Gasteiger partial charge in [0.1, 0.15) is 4.21 Å². The van der Waals surface area contributed by atoms with Gasteiger partial charge in [-0.1, -0.05) is 13.8 Å². The quantitative estimate of drug-likeness (QED) is 0.762. The largest absolute Gasteiger partial charge is 0.312 e. The second-order valence-electron chi connectivity index (χ2n) is 5.31. The molecule has 0 atom stereocenters. The summed E-state index contributed by atoms with van der Waals surface area (Å²) in [4.78, 5) is 1.08. The van der Waals surface area contributed by atoms with E-state index in [4.69, 9.17) is 0 Å². The van der Waals surface area contributed by atoms with Crippen LogP contribution in [-0.4, -0.2) is 32.4 Å². The standard InChI is InChI=1S/C14H24N2O2S2/c1-3-9-16(11-12-5-6-12)20(17,18)14-8-7-13(19-14)10-15-4-2/h7-8,12,15H,3-6,9-11H2,1-2H3. The van der Waals surface area contributed by atoms with Crippen LogP contribution in [0.5, 0.6) is 0 Å². The van der Waals surface area contributed by atoms with Crippen LogP contribution in [0.25, 0.3) is 0 Å². The van der Waals surface area contributed by atoms with Crippen LogP contribution in [0.1, 0.15) is 38.0 Å². The summed E-state index contributed by atoms with van der Waals surface area (Å²) < 4.78 is 27.5. The molecule has 1 saturated carbocycles. The summed E-state index contributed by atoms with van der Waals surface area (Å²) in [5, 5.41) is 3.23. The van der Waals surface area contributed by atoms with Gasteiger partial charge in [-0.2, -0.15) is 4.31 Å². The molecule has 1 fully saturated rings. The number of rotatable bonds is 9. The Kier molecular flexibility index (Phi) is 5.60. The zero-order valence-corrected chi connectivity index (χ0v) is 13.9. The number of nitrogens with zero attached hydrogens (tertiary/aromatic N) is 1. The second-order valence-corrected chi connectivity index (χ2v) is 8.64. The van der Waals surface area contributed by atoms with Crippen molar-refractivity contribution in [3.63, 3.8) is 0 Å². The molecule has 1 aromatic heterocycles. The summed E-state index contributed by atoms with van der Waals surface area (Å²) in [6.07, 6.45) is 3.21. The van der Waals surface area contributed by atoms with Gasteiger partial charge in [-0.25, -0.2) is 8.42 Å². The van der Waals surface area contributed by atoms with Gasteiger partial charge < -0.3 is 5.32 Å². The minimum absolute atomic E-state index is 0.486. The molecule has 0 radical (unpaired) electrons. The summed E-state index contributed by atoms with van der Waals surface area (Å²) in [5.74, 6) is 0.581. The first-order valence-corrected chi connectivity index (χ1v) is 9.63. The first-order chi connectivity index (χ1) is 9.57. The summed E-state index contributed by atoms with van der Waals surface area (Å²) in [7, 11) is -3.30. The summed E-state index contributed by atoms with van der Waals surface area (Å²) in [5.41, 5.74) is 0. The van der Waals surface area contributed by atoms with E-state index in [-0.39, 0.29) is 0 Å². The zero-order chi connectivity index (χ0) is 14.6. The van der Waals surface area contributed by atoms with Gasteiger partial charge in [-0.3, -0.25) is 0 Å². The van der Waals surface area contributed by atoms with Gasteiger partial charge in [0.15, 0.2) is 0 Å². The van der Waals surface area contributed by atoms with Crippen LogP contribution in [0, 0.1) is 5.92 Å². The Labute approximate surface area is 126 Å². The van der Waals surface area contributed by atoms with Gasteiger partial charge in [0, 0.05) is 24.5 Å². The van der Waals surface area contributed by atoms with Crippen LogP contribution in [0.15, 0.2) is 16.3 Å². The van der Waals surface area contributed by atoms with Crippen molar-refractivity contribution in [2.75, 3.05) is 19.6 Å². The van der Waals surface area contributed by atoms with Crippen molar-refractivity contribution >= 4 is 21.4 Å². The number of nitrogens with one attached hydrogen (secondary N) is 1. The highest BCUT2D eigenvalue weighted by molar-refractivity contribution is 7.91. The van der Waals surface area contributed by atoms with E-state index in [9.17, 15) is 8.42 Å². The van der Waals surface area contributed by atoms with Crippen LogP contribution in [-0.2, 0) is 16.6 Å². The fourth-order valence-electron chi connectivity index (χ4n) is 2.11. The molecule has 0 spiro atoms. The molecule has 1 aromatic rings. The molecule has 4 nitrogen and oxygen atoms in total. The molecule has 0 aromatic carbocycles. The Morgan fingerprint density at radius 3 is 2.70 bits per heavy atom. The normalized spacial score (nSPS) is 15.9. The Balaban J connectivity index is 2.11. The first kappa shape index (κ1) is 15.9. The van der Waals surface area contributed by atoms with E-state index in [0.717, 1.165) is 24.4 Å². The lowest BCUT2D eigenvalue weighted by Gasteiger charge is -2.20. The molecule has 0 bridgehead atoms. The highest BCUT2D eigenvalue weighted by atomic mass is 32.2. The predicted octanol–water partition coefficient (Wildman–Crippen LogP) is 2.67. The highest BCUT2D eigenvalue weighted by Gasteiger charge is 2.31. The van der Waals surface area contributed by atoms with Gasteiger partial charge in [-0.15, -0.1) is 11.3 Å². The van der Waals surface area contributed by atoms with E-state index in [2.05, 4.69) is 5.32 Å². The van der Waals surface area contributed by atoms with Crippen LogP contribution >= 0.6 is 11.3 Å². The van der Waals surface area contributed by atoms with Crippen molar-refractivity contribution in [2.45, 2.75) is 43.9 Å². The molecule has 1 aliphatic carbocycles. The van der Waals surface area contributed by atoms with Crippen molar-refractivity contribution in [3.8, 4) is 0 Å². The molecular formula is C14H24N2O2S2. The Morgan fingerprint density at radius 2 is 2.10 bits per heavy atom. The maximum Gasteiger partial charge on any atom is 0.252 e. The highest BCUT2D eigenvalue weighted by Crippen LogP contribution is 2.33. The molecule has 1 heterocycles. The van der Waals surface area contributed by atoms with Crippen molar-refractivity contribution < 1.29 is 8.42 Å². The number of hydrogen-bond acceptors (Lipinski definition) is 4. The van der Waals surface area contributed by atoms with Crippen LogP contribution < -0.4 is 5.32 Å². The van der Waals surface area contributed by atoms with Crippen molar-refractivity contribution in [1.82, 2.24) is 9.62 Å². The van der Waals surface area contributed by atoms with E-state index in [1.165, 1.54) is 24.2 Å². The third-order valence-corrected chi connectivity index (χ3v) is 6.83. The van der Waals surface area contributed by atoms with Crippen molar-refractivity contribution in [3.05, 3.63) is 17.0 Å². The Bertz CT molecular complexity index is 521. The third kappa shape index (κ3) is 4.04. The second kappa shape index (κ2) is 7.02. The maximum atomic E-state index is 12.7. The van der Waals surface area contributed by atoms with Crippen LogP contribution in [0.2, 0.25) is 0 Å². The van der Waals surface area contributed by atoms with Crippen LogP contribution in [0.4, 0.5) is 0 Å². The molecular weight excluding hydrogens is 292 g/mol. The average molecular weight is 316 g/mol. The van der Waals surface area contributed by atoms with Crippen molar-refractivity contribution in [2.24, 2.45) is 5.92 Å². The lowest BCUT2D eigenvalue weighted by atomic mass is 10.4. The minimum atomic E-state index is -3.30. The molecule has 1 aliphatic rings. The first-order valence-electron chi connectivity index (χ1n) is 7.37. The molecule has 6 heteroatoms. The van der Waals surface area contributed by atoms with Gasteiger partial charge in [-0.05, 0) is 43.9 Å². The van der Waals surface area contributed by atoms with E-state index < -0.39 is 10.0 Å². The monoisotopic (exact) mass is 316 g/mol. The molecule has 20 heavy (non-hydrogen) atoms. The lowest BCUT2D eigenvalue weighted by Crippen LogP contribution is -2.33. The van der Waals surface area contributed by atoms with Gasteiger partial charge in [0.2, 0.25) is 0 Å².